The molecule has 16 heavy (non-hydrogen) atoms. The number of rotatable bonds is 8. The second kappa shape index (κ2) is 7.41. The minimum atomic E-state index is 0.361. The Balaban J connectivity index is 2.58. The van der Waals surface area contributed by atoms with E-state index in [1.807, 2.05) is 10.9 Å². The highest BCUT2D eigenvalue weighted by Crippen LogP contribution is 2.16. The van der Waals surface area contributed by atoms with Gasteiger partial charge in [0.25, 0.3) is 0 Å². The number of hydrogen-bond donors (Lipinski definition) is 1. The van der Waals surface area contributed by atoms with E-state index in [9.17, 15) is 0 Å². The third kappa shape index (κ3) is 3.94. The molecule has 0 amide bonds. The Morgan fingerprint density at radius 3 is 2.88 bits per heavy atom. The monoisotopic (exact) mass is 225 g/mol. The van der Waals surface area contributed by atoms with E-state index in [4.69, 9.17) is 4.74 Å². The molecule has 0 aliphatic heterocycles. The average molecular weight is 225 g/mol. The Bertz CT molecular complexity index is 278. The molecular formula is C12H23N3O. The maximum atomic E-state index is 5.14. The molecule has 0 saturated carbocycles. The van der Waals surface area contributed by atoms with Crippen LogP contribution in [-0.4, -0.2) is 30.0 Å². The quantitative estimate of drug-likeness (QED) is 0.735. The first-order chi connectivity index (χ1) is 7.81. The van der Waals surface area contributed by atoms with E-state index in [1.54, 1.807) is 7.11 Å². The van der Waals surface area contributed by atoms with E-state index in [0.717, 1.165) is 32.5 Å². The standard InChI is InChI=1S/C12H23N3O/c1-4-7-13-12(6-8-16-3)11-9-14-15(5-2)10-11/h9-10,12-13H,4-8H2,1-3H3. The Morgan fingerprint density at radius 2 is 2.31 bits per heavy atom. The zero-order valence-electron chi connectivity index (χ0n) is 10.6. The Labute approximate surface area is 98.0 Å². The lowest BCUT2D eigenvalue weighted by Crippen LogP contribution is -2.23. The van der Waals surface area contributed by atoms with Crippen molar-refractivity contribution in [1.29, 1.82) is 0 Å². The number of aryl methyl sites for hydroxylation is 1. The van der Waals surface area contributed by atoms with Crippen LogP contribution < -0.4 is 5.32 Å². The first kappa shape index (κ1) is 13.2. The lowest BCUT2D eigenvalue weighted by atomic mass is 10.1. The molecule has 1 N–H and O–H groups in total. The minimum absolute atomic E-state index is 0.361. The van der Waals surface area contributed by atoms with Crippen LogP contribution in [0.1, 0.15) is 38.3 Å². The van der Waals surface area contributed by atoms with Crippen molar-refractivity contribution in [3.63, 3.8) is 0 Å². The molecule has 0 aromatic carbocycles. The van der Waals surface area contributed by atoms with Crippen LogP contribution in [0.25, 0.3) is 0 Å². The fraction of sp³-hybridized carbons (Fsp3) is 0.750. The summed E-state index contributed by atoms with van der Waals surface area (Å²) < 4.78 is 7.10. The van der Waals surface area contributed by atoms with Crippen molar-refractivity contribution in [1.82, 2.24) is 15.1 Å². The van der Waals surface area contributed by atoms with E-state index in [-0.39, 0.29) is 0 Å². The van der Waals surface area contributed by atoms with E-state index in [1.165, 1.54) is 5.56 Å². The van der Waals surface area contributed by atoms with Crippen molar-refractivity contribution < 1.29 is 4.74 Å². The summed E-state index contributed by atoms with van der Waals surface area (Å²) in [5, 5.41) is 7.83. The molecule has 92 valence electrons. The number of ether oxygens (including phenoxy) is 1. The normalized spacial score (nSPS) is 12.9. The molecule has 1 unspecified atom stereocenters. The summed E-state index contributed by atoms with van der Waals surface area (Å²) in [6, 6.07) is 0.361. The van der Waals surface area contributed by atoms with Crippen LogP contribution in [0.5, 0.6) is 0 Å². The maximum absolute atomic E-state index is 5.14. The van der Waals surface area contributed by atoms with Gasteiger partial charge >= 0.3 is 0 Å². The smallest absolute Gasteiger partial charge is 0.0537 e. The maximum Gasteiger partial charge on any atom is 0.0537 e. The molecule has 1 heterocycles. The van der Waals surface area contributed by atoms with Crippen molar-refractivity contribution in [3.8, 4) is 0 Å². The summed E-state index contributed by atoms with van der Waals surface area (Å²) in [4.78, 5) is 0. The van der Waals surface area contributed by atoms with Crippen LogP contribution in [0.2, 0.25) is 0 Å². The molecule has 0 radical (unpaired) electrons. The van der Waals surface area contributed by atoms with E-state index >= 15 is 0 Å². The van der Waals surface area contributed by atoms with Crippen LogP contribution >= 0.6 is 0 Å². The zero-order valence-corrected chi connectivity index (χ0v) is 10.6. The summed E-state index contributed by atoms with van der Waals surface area (Å²) in [5.74, 6) is 0. The second-order valence-corrected chi connectivity index (χ2v) is 3.92. The minimum Gasteiger partial charge on any atom is -0.385 e. The summed E-state index contributed by atoms with van der Waals surface area (Å²) in [6.07, 6.45) is 6.20. The van der Waals surface area contributed by atoms with Crippen molar-refractivity contribution in [2.24, 2.45) is 0 Å². The third-order valence-corrected chi connectivity index (χ3v) is 2.63. The summed E-state index contributed by atoms with van der Waals surface area (Å²) >= 11 is 0. The van der Waals surface area contributed by atoms with Gasteiger partial charge in [-0.05, 0) is 26.3 Å². The summed E-state index contributed by atoms with van der Waals surface area (Å²) in [7, 11) is 1.74. The van der Waals surface area contributed by atoms with Gasteiger partial charge in [0.1, 0.15) is 0 Å². The molecule has 0 fully saturated rings. The topological polar surface area (TPSA) is 39.1 Å². The molecule has 0 aliphatic rings. The Kier molecular flexibility index (Phi) is 6.11. The molecule has 0 spiro atoms. The number of methoxy groups -OCH3 is 1. The largest absolute Gasteiger partial charge is 0.385 e. The predicted molar refractivity (Wildman–Crippen MR) is 65.4 cm³/mol. The first-order valence-electron chi connectivity index (χ1n) is 6.06. The number of aromatic nitrogens is 2. The zero-order chi connectivity index (χ0) is 11.8. The van der Waals surface area contributed by atoms with Gasteiger partial charge in [-0.1, -0.05) is 6.92 Å². The molecule has 1 aromatic heterocycles. The Hall–Kier alpha value is -0.870. The Morgan fingerprint density at radius 1 is 1.50 bits per heavy atom. The molecule has 1 aromatic rings. The fourth-order valence-corrected chi connectivity index (χ4v) is 1.67. The van der Waals surface area contributed by atoms with Crippen molar-refractivity contribution in [2.45, 2.75) is 39.3 Å². The van der Waals surface area contributed by atoms with Crippen molar-refractivity contribution >= 4 is 0 Å². The van der Waals surface area contributed by atoms with E-state index in [2.05, 4.69) is 30.5 Å². The molecule has 1 atom stereocenters. The highest BCUT2D eigenvalue weighted by atomic mass is 16.5. The first-order valence-corrected chi connectivity index (χ1v) is 6.06. The molecular weight excluding hydrogens is 202 g/mol. The average Bonchev–Trinajstić information content (AvgIpc) is 2.78. The molecule has 4 heteroatoms. The van der Waals surface area contributed by atoms with Crippen LogP contribution in [0, 0.1) is 0 Å². The number of nitrogens with zero attached hydrogens (tertiary/aromatic N) is 2. The molecule has 1 rings (SSSR count). The number of hydrogen-bond acceptors (Lipinski definition) is 3. The third-order valence-electron chi connectivity index (χ3n) is 2.63. The van der Waals surface area contributed by atoms with Gasteiger partial charge in [0.2, 0.25) is 0 Å². The van der Waals surface area contributed by atoms with Gasteiger partial charge in [-0.3, -0.25) is 4.68 Å². The SMILES string of the molecule is CCCNC(CCOC)c1cnn(CC)c1. The lowest BCUT2D eigenvalue weighted by Gasteiger charge is -2.16. The van der Waals surface area contributed by atoms with Crippen molar-refractivity contribution in [3.05, 3.63) is 18.0 Å². The van der Waals surface area contributed by atoms with Gasteiger partial charge < -0.3 is 10.1 Å². The van der Waals surface area contributed by atoms with Crippen LogP contribution in [0.15, 0.2) is 12.4 Å². The molecule has 0 saturated heterocycles. The van der Waals surface area contributed by atoms with Crippen LogP contribution in [-0.2, 0) is 11.3 Å². The molecule has 0 aliphatic carbocycles. The predicted octanol–water partition coefficient (Wildman–Crippen LogP) is 1.98. The number of nitrogens with one attached hydrogen (secondary N) is 1. The van der Waals surface area contributed by atoms with Gasteiger partial charge in [-0.2, -0.15) is 5.10 Å². The van der Waals surface area contributed by atoms with Crippen LogP contribution in [0.4, 0.5) is 0 Å². The van der Waals surface area contributed by atoms with E-state index < -0.39 is 0 Å². The summed E-state index contributed by atoms with van der Waals surface area (Å²) in [6.45, 7) is 7.01. The van der Waals surface area contributed by atoms with Gasteiger partial charge in [-0.25, -0.2) is 0 Å². The van der Waals surface area contributed by atoms with Crippen molar-refractivity contribution in [2.75, 3.05) is 20.3 Å². The highest BCUT2D eigenvalue weighted by molar-refractivity contribution is 5.10. The van der Waals surface area contributed by atoms with Gasteiger partial charge in [0, 0.05) is 38.1 Å². The molecule has 0 bridgehead atoms. The van der Waals surface area contributed by atoms with Crippen LogP contribution in [0.3, 0.4) is 0 Å². The lowest BCUT2D eigenvalue weighted by molar-refractivity contribution is 0.183. The second-order valence-electron chi connectivity index (χ2n) is 3.92. The van der Waals surface area contributed by atoms with E-state index in [0.29, 0.717) is 6.04 Å². The van der Waals surface area contributed by atoms with Gasteiger partial charge in [-0.15, -0.1) is 0 Å². The summed E-state index contributed by atoms with van der Waals surface area (Å²) in [5.41, 5.74) is 1.26. The van der Waals surface area contributed by atoms with Gasteiger partial charge in [0.15, 0.2) is 0 Å². The fourth-order valence-electron chi connectivity index (χ4n) is 1.67. The molecule has 4 nitrogen and oxygen atoms in total. The highest BCUT2D eigenvalue weighted by Gasteiger charge is 2.12. The van der Waals surface area contributed by atoms with Gasteiger partial charge in [0.05, 0.1) is 6.20 Å².